The van der Waals surface area contributed by atoms with Crippen molar-refractivity contribution in [2.45, 2.75) is 44.9 Å². The number of hydrogen-bond donors (Lipinski definition) is 1. The molecule has 1 spiro atoms. The lowest BCUT2D eigenvalue weighted by atomic mass is 9.82. The quantitative estimate of drug-likeness (QED) is 0.603. The van der Waals surface area contributed by atoms with E-state index in [1.54, 1.807) is 11.8 Å². The van der Waals surface area contributed by atoms with Gasteiger partial charge in [-0.1, -0.05) is 19.3 Å². The van der Waals surface area contributed by atoms with E-state index in [0.717, 1.165) is 37.9 Å². The summed E-state index contributed by atoms with van der Waals surface area (Å²) in [6.07, 6.45) is 7.89. The van der Waals surface area contributed by atoms with Gasteiger partial charge in [-0.2, -0.15) is 11.8 Å². The van der Waals surface area contributed by atoms with E-state index in [4.69, 9.17) is 0 Å². The zero-order chi connectivity index (χ0) is 14.6. The lowest BCUT2D eigenvalue weighted by molar-refractivity contribution is -0.151. The summed E-state index contributed by atoms with van der Waals surface area (Å²) in [5, 5.41) is 2.37. The average molecular weight is 298 g/mol. The third-order valence-corrected chi connectivity index (χ3v) is 4.94. The molecule has 0 unspecified atom stereocenters. The molecule has 1 saturated carbocycles. The molecule has 1 aliphatic heterocycles. The normalized spacial score (nSPS) is 21.6. The summed E-state index contributed by atoms with van der Waals surface area (Å²) in [6, 6.07) is -0.539. The Morgan fingerprint density at radius 2 is 1.85 bits per heavy atom. The third kappa shape index (κ3) is 2.85. The lowest BCUT2D eigenvalue weighted by Crippen LogP contribution is -2.63. The number of urea groups is 1. The molecule has 4 amide bonds. The van der Waals surface area contributed by atoms with Gasteiger partial charge in [0.2, 0.25) is 11.8 Å². The lowest BCUT2D eigenvalue weighted by Gasteiger charge is -2.36. The zero-order valence-corrected chi connectivity index (χ0v) is 12.8. The average Bonchev–Trinajstić information content (AvgIpc) is 2.91. The molecule has 2 aliphatic rings. The summed E-state index contributed by atoms with van der Waals surface area (Å²) in [5.41, 5.74) is -0.951. The molecule has 0 aromatic carbocycles. The minimum absolute atomic E-state index is 0.270. The fourth-order valence-corrected chi connectivity index (χ4v) is 3.54. The number of hydrogen-bond acceptors (Lipinski definition) is 4. The molecule has 1 aliphatic carbocycles. The highest BCUT2D eigenvalue weighted by Crippen LogP contribution is 2.41. The Labute approximate surface area is 123 Å². The molecule has 0 aromatic heterocycles. The van der Waals surface area contributed by atoms with Crippen molar-refractivity contribution < 1.29 is 14.4 Å². The van der Waals surface area contributed by atoms with E-state index in [2.05, 4.69) is 11.6 Å². The van der Waals surface area contributed by atoms with Crippen molar-refractivity contribution in [1.29, 1.82) is 0 Å². The van der Waals surface area contributed by atoms with Crippen molar-refractivity contribution in [3.05, 3.63) is 0 Å². The molecule has 1 heterocycles. The van der Waals surface area contributed by atoms with E-state index in [1.807, 2.05) is 0 Å². The van der Waals surface area contributed by atoms with E-state index in [0.29, 0.717) is 19.4 Å². The van der Waals surface area contributed by atoms with Gasteiger partial charge in [-0.05, 0) is 37.7 Å². The summed E-state index contributed by atoms with van der Waals surface area (Å²) in [6.45, 7) is 0.425. The molecule has 112 valence electrons. The van der Waals surface area contributed by atoms with Crippen molar-refractivity contribution in [3.63, 3.8) is 0 Å². The van der Waals surface area contributed by atoms with Crippen molar-refractivity contribution in [2.75, 3.05) is 18.6 Å². The van der Waals surface area contributed by atoms with Crippen LogP contribution in [0.3, 0.4) is 0 Å². The number of imide groups is 2. The van der Waals surface area contributed by atoms with Crippen LogP contribution >= 0.6 is 11.8 Å². The summed E-state index contributed by atoms with van der Waals surface area (Å²) in [5.74, 6) is 0.444. The maximum Gasteiger partial charge on any atom is 0.330 e. The number of carbonyl (C=O) groups is 3. The number of barbiturate groups is 1. The summed E-state index contributed by atoms with van der Waals surface area (Å²) in [4.78, 5) is 37.6. The Kier molecular flexibility index (Phi) is 5.07. The van der Waals surface area contributed by atoms with Gasteiger partial charge in [0.05, 0.1) is 0 Å². The van der Waals surface area contributed by atoms with Crippen LogP contribution in [0.15, 0.2) is 0 Å². The molecule has 2 fully saturated rings. The smallest absolute Gasteiger partial charge is 0.277 e. The molecule has 2 rings (SSSR count). The first kappa shape index (κ1) is 15.4. The highest BCUT2D eigenvalue weighted by atomic mass is 32.2. The molecule has 0 atom stereocenters. The largest absolute Gasteiger partial charge is 0.330 e. The molecule has 20 heavy (non-hydrogen) atoms. The van der Waals surface area contributed by atoms with Gasteiger partial charge in [0.15, 0.2) is 0 Å². The predicted molar refractivity (Wildman–Crippen MR) is 78.4 cm³/mol. The molecule has 0 radical (unpaired) electrons. The number of nitrogens with zero attached hydrogens (tertiary/aromatic N) is 1. The van der Waals surface area contributed by atoms with E-state index >= 15 is 0 Å². The van der Waals surface area contributed by atoms with Crippen LogP contribution in [-0.4, -0.2) is 41.3 Å². The van der Waals surface area contributed by atoms with Gasteiger partial charge in [0.1, 0.15) is 5.41 Å². The number of carbonyl (C=O) groups excluding carboxylic acids is 3. The van der Waals surface area contributed by atoms with Crippen molar-refractivity contribution in [1.82, 2.24) is 10.2 Å². The number of unbranched alkanes of at least 4 members (excludes halogenated alkanes) is 2. The topological polar surface area (TPSA) is 66.5 Å². The first-order valence-corrected chi connectivity index (χ1v) is 8.67. The van der Waals surface area contributed by atoms with E-state index in [-0.39, 0.29) is 11.8 Å². The molecular weight excluding hydrogens is 276 g/mol. The summed E-state index contributed by atoms with van der Waals surface area (Å²) >= 11 is 1.80. The van der Waals surface area contributed by atoms with Gasteiger partial charge in [-0.25, -0.2) is 4.79 Å². The van der Waals surface area contributed by atoms with Crippen LogP contribution < -0.4 is 5.32 Å². The molecule has 0 bridgehead atoms. The second-order valence-electron chi connectivity index (χ2n) is 5.56. The van der Waals surface area contributed by atoms with Gasteiger partial charge in [-0.3, -0.25) is 19.8 Å². The Balaban J connectivity index is 1.95. The van der Waals surface area contributed by atoms with E-state index in [9.17, 15) is 14.4 Å². The SMILES string of the molecule is CSCCCCCN1C(=O)NC(=O)C2(CCCC2)C1=O. The molecule has 0 aromatic rings. The zero-order valence-electron chi connectivity index (χ0n) is 11.9. The van der Waals surface area contributed by atoms with Crippen LogP contribution in [0.25, 0.3) is 0 Å². The van der Waals surface area contributed by atoms with Gasteiger partial charge >= 0.3 is 6.03 Å². The fraction of sp³-hybridized carbons (Fsp3) is 0.786. The van der Waals surface area contributed by atoms with Gasteiger partial charge in [-0.15, -0.1) is 0 Å². The molecule has 1 N–H and O–H groups in total. The highest BCUT2D eigenvalue weighted by Gasteiger charge is 2.54. The number of thioether (sulfide) groups is 1. The minimum atomic E-state index is -0.951. The monoisotopic (exact) mass is 298 g/mol. The van der Waals surface area contributed by atoms with Crippen molar-refractivity contribution in [2.24, 2.45) is 5.41 Å². The highest BCUT2D eigenvalue weighted by molar-refractivity contribution is 7.98. The number of amides is 4. The van der Waals surface area contributed by atoms with E-state index in [1.165, 1.54) is 4.90 Å². The minimum Gasteiger partial charge on any atom is -0.277 e. The van der Waals surface area contributed by atoms with Crippen LogP contribution in [0.4, 0.5) is 4.79 Å². The molecule has 6 heteroatoms. The second kappa shape index (κ2) is 6.61. The predicted octanol–water partition coefficient (Wildman–Crippen LogP) is 2.16. The number of rotatable bonds is 6. The second-order valence-corrected chi connectivity index (χ2v) is 6.54. The Morgan fingerprint density at radius 1 is 1.15 bits per heavy atom. The number of nitrogens with one attached hydrogen (secondary N) is 1. The maximum absolute atomic E-state index is 12.5. The fourth-order valence-electron chi connectivity index (χ4n) is 3.05. The third-order valence-electron chi connectivity index (χ3n) is 4.24. The first-order valence-electron chi connectivity index (χ1n) is 7.28. The van der Waals surface area contributed by atoms with Crippen LogP contribution in [0.5, 0.6) is 0 Å². The standard InChI is InChI=1S/C14H22N2O3S/c1-20-10-6-2-5-9-16-12(18)14(7-3-4-8-14)11(17)15-13(16)19/h2-10H2,1H3,(H,15,17,19). The molecular formula is C14H22N2O3S. The summed E-state index contributed by atoms with van der Waals surface area (Å²) in [7, 11) is 0. The van der Waals surface area contributed by atoms with Crippen LogP contribution in [0.2, 0.25) is 0 Å². The molecule has 5 nitrogen and oxygen atoms in total. The van der Waals surface area contributed by atoms with Gasteiger partial charge in [0.25, 0.3) is 0 Å². The Bertz CT molecular complexity index is 405. The van der Waals surface area contributed by atoms with Gasteiger partial charge < -0.3 is 0 Å². The van der Waals surface area contributed by atoms with Crippen LogP contribution in [0.1, 0.15) is 44.9 Å². The van der Waals surface area contributed by atoms with E-state index < -0.39 is 11.4 Å². The Hall–Kier alpha value is -1.04. The summed E-state index contributed by atoms with van der Waals surface area (Å²) < 4.78 is 0. The van der Waals surface area contributed by atoms with Crippen molar-refractivity contribution >= 4 is 29.6 Å². The van der Waals surface area contributed by atoms with Crippen molar-refractivity contribution in [3.8, 4) is 0 Å². The van der Waals surface area contributed by atoms with Crippen LogP contribution in [0, 0.1) is 5.41 Å². The van der Waals surface area contributed by atoms with Gasteiger partial charge in [0, 0.05) is 6.54 Å². The molecule has 1 saturated heterocycles. The first-order chi connectivity index (χ1) is 9.62. The Morgan fingerprint density at radius 3 is 2.50 bits per heavy atom. The van der Waals surface area contributed by atoms with Crippen LogP contribution in [-0.2, 0) is 9.59 Å². The maximum atomic E-state index is 12.5.